The van der Waals surface area contributed by atoms with Crippen molar-refractivity contribution in [2.24, 2.45) is 0 Å². The first-order valence-corrected chi connectivity index (χ1v) is 13.1. The molecule has 8 heteroatoms. The van der Waals surface area contributed by atoms with E-state index < -0.39 is 0 Å². The van der Waals surface area contributed by atoms with Gasteiger partial charge in [0.2, 0.25) is 5.91 Å². The van der Waals surface area contributed by atoms with Crippen LogP contribution in [0.1, 0.15) is 29.3 Å². The van der Waals surface area contributed by atoms with Gasteiger partial charge < -0.3 is 9.64 Å². The second-order valence-electron chi connectivity index (χ2n) is 8.25. The molecule has 0 spiro atoms. The third kappa shape index (κ3) is 4.60. The Hall–Kier alpha value is -3.10. The minimum Gasteiger partial charge on any atom is -0.497 e. The average Bonchev–Trinajstić information content (AvgIpc) is 3.63. The Balaban J connectivity index is 1.41. The number of nitrogens with zero attached hydrogens (tertiary/aromatic N) is 4. The molecule has 0 radical (unpaired) electrons. The molecule has 1 aliphatic heterocycles. The van der Waals surface area contributed by atoms with Gasteiger partial charge in [-0.1, -0.05) is 35.5 Å². The van der Waals surface area contributed by atoms with Crippen LogP contribution in [0.4, 0.5) is 0 Å². The lowest BCUT2D eigenvalue weighted by molar-refractivity contribution is -0.129. The quantitative estimate of drug-likeness (QED) is 0.308. The first-order chi connectivity index (χ1) is 16.6. The number of rotatable bonds is 7. The SMILES string of the molecule is COc1ccc(-c2nnc(SCC(=O)N3CCCC3c3cccs3)n2-c2ccc(C)cc2)cc1. The molecule has 0 aliphatic carbocycles. The lowest BCUT2D eigenvalue weighted by Crippen LogP contribution is -2.31. The number of aromatic nitrogens is 3. The van der Waals surface area contributed by atoms with Gasteiger partial charge in [0.05, 0.1) is 18.9 Å². The van der Waals surface area contributed by atoms with E-state index in [0.717, 1.165) is 42.2 Å². The van der Waals surface area contributed by atoms with Gasteiger partial charge in [-0.3, -0.25) is 9.36 Å². The van der Waals surface area contributed by atoms with Gasteiger partial charge in [-0.2, -0.15) is 0 Å². The summed E-state index contributed by atoms with van der Waals surface area (Å²) in [6.45, 7) is 2.87. The monoisotopic (exact) mass is 490 g/mol. The van der Waals surface area contributed by atoms with Crippen LogP contribution >= 0.6 is 23.1 Å². The average molecular weight is 491 g/mol. The zero-order valence-corrected chi connectivity index (χ0v) is 20.8. The normalized spacial score (nSPS) is 15.6. The summed E-state index contributed by atoms with van der Waals surface area (Å²) in [7, 11) is 1.65. The van der Waals surface area contributed by atoms with Crippen molar-refractivity contribution in [1.29, 1.82) is 0 Å². The molecule has 1 atom stereocenters. The molecule has 1 aliphatic rings. The molecule has 0 N–H and O–H groups in total. The zero-order valence-electron chi connectivity index (χ0n) is 19.2. The third-order valence-corrected chi connectivity index (χ3v) is 7.93. The zero-order chi connectivity index (χ0) is 23.5. The van der Waals surface area contributed by atoms with Crippen molar-refractivity contribution in [2.45, 2.75) is 31.0 Å². The number of aryl methyl sites for hydroxylation is 1. The Kier molecular flexibility index (Phi) is 6.69. The minimum atomic E-state index is 0.144. The molecule has 34 heavy (non-hydrogen) atoms. The van der Waals surface area contributed by atoms with E-state index in [4.69, 9.17) is 4.74 Å². The fourth-order valence-electron chi connectivity index (χ4n) is 4.27. The van der Waals surface area contributed by atoms with Crippen molar-refractivity contribution in [2.75, 3.05) is 19.4 Å². The van der Waals surface area contributed by atoms with Gasteiger partial charge in [-0.25, -0.2) is 0 Å². The molecule has 1 fully saturated rings. The molecule has 1 unspecified atom stereocenters. The van der Waals surface area contributed by atoms with E-state index in [1.165, 1.54) is 22.2 Å². The maximum absolute atomic E-state index is 13.2. The molecule has 3 heterocycles. The predicted octanol–water partition coefficient (Wildman–Crippen LogP) is 5.77. The topological polar surface area (TPSA) is 60.3 Å². The number of benzene rings is 2. The lowest BCUT2D eigenvalue weighted by Gasteiger charge is -2.23. The lowest BCUT2D eigenvalue weighted by atomic mass is 10.2. The van der Waals surface area contributed by atoms with Crippen LogP contribution in [0.3, 0.4) is 0 Å². The largest absolute Gasteiger partial charge is 0.497 e. The van der Waals surface area contributed by atoms with Crippen LogP contribution in [0, 0.1) is 6.92 Å². The maximum Gasteiger partial charge on any atom is 0.233 e. The van der Waals surface area contributed by atoms with E-state index in [0.29, 0.717) is 10.9 Å². The number of hydrogen-bond acceptors (Lipinski definition) is 6. The van der Waals surface area contributed by atoms with E-state index in [-0.39, 0.29) is 11.9 Å². The number of ether oxygens (including phenoxy) is 1. The summed E-state index contributed by atoms with van der Waals surface area (Å²) in [6, 6.07) is 20.4. The van der Waals surface area contributed by atoms with E-state index in [1.54, 1.807) is 18.4 Å². The standard InChI is InChI=1S/C26H26N4O2S2/c1-18-7-11-20(12-8-18)30-25(19-9-13-21(32-2)14-10-19)27-28-26(30)34-17-24(31)29-15-3-5-22(29)23-6-4-16-33-23/h4,6-14,16,22H,3,5,15,17H2,1-2H3. The molecule has 1 saturated heterocycles. The molecule has 2 aromatic heterocycles. The van der Waals surface area contributed by atoms with Gasteiger partial charge in [-0.05, 0) is 67.6 Å². The third-order valence-electron chi connectivity index (χ3n) is 6.04. The summed E-state index contributed by atoms with van der Waals surface area (Å²) in [6.07, 6.45) is 2.07. The number of methoxy groups -OCH3 is 1. The highest BCUT2D eigenvalue weighted by molar-refractivity contribution is 7.99. The number of carbonyl (C=O) groups is 1. The molecule has 0 saturated carbocycles. The van der Waals surface area contributed by atoms with Crippen LogP contribution in [0.25, 0.3) is 17.1 Å². The molecule has 5 rings (SSSR count). The van der Waals surface area contributed by atoms with Crippen molar-refractivity contribution in [3.63, 3.8) is 0 Å². The Morgan fingerprint density at radius 3 is 2.62 bits per heavy atom. The number of thiophene rings is 1. The van der Waals surface area contributed by atoms with Gasteiger partial charge in [0.1, 0.15) is 5.75 Å². The molecule has 174 valence electrons. The number of hydrogen-bond donors (Lipinski definition) is 0. The highest BCUT2D eigenvalue weighted by atomic mass is 32.2. The molecular formula is C26H26N4O2S2. The van der Waals surface area contributed by atoms with Crippen molar-refractivity contribution in [3.05, 3.63) is 76.5 Å². The molecule has 6 nitrogen and oxygen atoms in total. The Morgan fingerprint density at radius 2 is 1.91 bits per heavy atom. The number of likely N-dealkylation sites (tertiary alicyclic amines) is 1. The van der Waals surface area contributed by atoms with Crippen LogP contribution in [0.2, 0.25) is 0 Å². The second-order valence-corrected chi connectivity index (χ2v) is 10.2. The number of amides is 1. The summed E-state index contributed by atoms with van der Waals surface area (Å²) in [4.78, 5) is 16.5. The van der Waals surface area contributed by atoms with E-state index in [2.05, 4.69) is 58.9 Å². The highest BCUT2D eigenvalue weighted by Gasteiger charge is 2.31. The molecule has 4 aromatic rings. The minimum absolute atomic E-state index is 0.144. The maximum atomic E-state index is 13.2. The fraction of sp³-hybridized carbons (Fsp3) is 0.269. The van der Waals surface area contributed by atoms with Crippen LogP contribution in [0.15, 0.2) is 71.2 Å². The van der Waals surface area contributed by atoms with Crippen LogP contribution in [-0.4, -0.2) is 45.0 Å². The summed E-state index contributed by atoms with van der Waals surface area (Å²) in [5.74, 6) is 2.00. The Bertz CT molecular complexity index is 1250. The van der Waals surface area contributed by atoms with Crippen LogP contribution < -0.4 is 4.74 Å². The summed E-state index contributed by atoms with van der Waals surface area (Å²) >= 11 is 3.16. The summed E-state index contributed by atoms with van der Waals surface area (Å²) < 4.78 is 7.33. The highest BCUT2D eigenvalue weighted by Crippen LogP contribution is 2.36. The molecule has 1 amide bonds. The van der Waals surface area contributed by atoms with Gasteiger partial charge in [0.25, 0.3) is 0 Å². The van der Waals surface area contributed by atoms with Gasteiger partial charge in [0.15, 0.2) is 11.0 Å². The van der Waals surface area contributed by atoms with Crippen molar-refractivity contribution >= 4 is 29.0 Å². The first-order valence-electron chi connectivity index (χ1n) is 11.3. The predicted molar refractivity (Wildman–Crippen MR) is 137 cm³/mol. The van der Waals surface area contributed by atoms with E-state index in [1.807, 2.05) is 33.7 Å². The van der Waals surface area contributed by atoms with Crippen molar-refractivity contribution in [3.8, 4) is 22.8 Å². The first kappa shape index (κ1) is 22.7. The van der Waals surface area contributed by atoms with Gasteiger partial charge in [0, 0.05) is 22.7 Å². The molecule has 0 bridgehead atoms. The Labute approximate surface area is 207 Å². The van der Waals surface area contributed by atoms with E-state index in [9.17, 15) is 4.79 Å². The molecule has 2 aromatic carbocycles. The van der Waals surface area contributed by atoms with Gasteiger partial charge in [-0.15, -0.1) is 21.5 Å². The molecular weight excluding hydrogens is 464 g/mol. The van der Waals surface area contributed by atoms with Crippen LogP contribution in [0.5, 0.6) is 5.75 Å². The summed E-state index contributed by atoms with van der Waals surface area (Å²) in [5.41, 5.74) is 3.08. The summed E-state index contributed by atoms with van der Waals surface area (Å²) in [5, 5.41) is 11.8. The fourth-order valence-corrected chi connectivity index (χ4v) is 5.98. The van der Waals surface area contributed by atoms with Crippen LogP contribution in [-0.2, 0) is 4.79 Å². The van der Waals surface area contributed by atoms with E-state index >= 15 is 0 Å². The second kappa shape index (κ2) is 10.0. The van der Waals surface area contributed by atoms with Crippen molar-refractivity contribution < 1.29 is 9.53 Å². The smallest absolute Gasteiger partial charge is 0.233 e. The van der Waals surface area contributed by atoms with Crippen molar-refractivity contribution in [1.82, 2.24) is 19.7 Å². The number of thioether (sulfide) groups is 1. The Morgan fingerprint density at radius 1 is 1.12 bits per heavy atom. The van der Waals surface area contributed by atoms with Gasteiger partial charge >= 0.3 is 0 Å². The number of carbonyl (C=O) groups excluding carboxylic acids is 1.